The Kier molecular flexibility index (Phi) is 5.32. The van der Waals surface area contributed by atoms with Gasteiger partial charge in [0, 0.05) is 6.42 Å². The minimum atomic E-state index is -1.13. The lowest BCUT2D eigenvalue weighted by atomic mass is 10.2. The molecule has 0 aromatic rings. The summed E-state index contributed by atoms with van der Waals surface area (Å²) in [6.07, 6.45) is 4.86. The highest BCUT2D eigenvalue weighted by Crippen LogP contribution is 1.96. The van der Waals surface area contributed by atoms with E-state index >= 15 is 0 Å². The molecule has 5 nitrogen and oxygen atoms in total. The highest BCUT2D eigenvalue weighted by molar-refractivity contribution is 5.75. The second-order valence-corrected chi connectivity index (χ2v) is 2.35. The molecule has 0 aromatic heterocycles. The molecule has 0 spiro atoms. The number of carbonyl (C=O) groups is 2. The molecule has 0 amide bonds. The molecule has 0 rings (SSSR count). The maximum Gasteiger partial charge on any atom is 0.320 e. The number of carbonyl (C=O) groups excluding carboxylic acids is 1. The molecule has 0 unspecified atom stereocenters. The van der Waals surface area contributed by atoms with E-state index in [0.717, 1.165) is 0 Å². The van der Waals surface area contributed by atoms with Crippen molar-refractivity contribution < 1.29 is 19.4 Å². The third-order valence-corrected chi connectivity index (χ3v) is 1.29. The number of hydrogen-bond donors (Lipinski definition) is 2. The van der Waals surface area contributed by atoms with Crippen LogP contribution in [0, 0.1) is 12.3 Å². The van der Waals surface area contributed by atoms with Gasteiger partial charge < -0.3 is 15.6 Å². The lowest BCUT2D eigenvalue weighted by molar-refractivity contribution is -0.143. The summed E-state index contributed by atoms with van der Waals surface area (Å²) in [6.45, 7) is -0.0961. The molecule has 0 radical (unpaired) electrons. The number of carboxylic acids is 1. The topological polar surface area (TPSA) is 89.6 Å². The number of nitrogens with two attached hydrogens (primary N) is 1. The van der Waals surface area contributed by atoms with E-state index in [4.69, 9.17) is 17.3 Å². The number of ether oxygens (including phenoxy) is 1. The first-order valence-corrected chi connectivity index (χ1v) is 3.65. The summed E-state index contributed by atoms with van der Waals surface area (Å²) in [7, 11) is 0. The number of aliphatic carboxylic acids is 1. The van der Waals surface area contributed by atoms with Crippen LogP contribution in [0.5, 0.6) is 0 Å². The fourth-order valence-electron chi connectivity index (χ4n) is 0.591. The second-order valence-electron chi connectivity index (χ2n) is 2.35. The summed E-state index contributed by atoms with van der Waals surface area (Å²) in [4.78, 5) is 21.0. The Balaban J connectivity index is 3.59. The van der Waals surface area contributed by atoms with Crippen molar-refractivity contribution >= 4 is 11.9 Å². The largest absolute Gasteiger partial charge is 0.480 e. The van der Waals surface area contributed by atoms with Gasteiger partial charge in [0.05, 0.1) is 0 Å². The van der Waals surface area contributed by atoms with Crippen molar-refractivity contribution in [2.75, 3.05) is 6.61 Å². The predicted octanol–water partition coefficient (Wildman–Crippen LogP) is -0.645. The lowest BCUT2D eigenvalue weighted by Gasteiger charge is -2.04. The first-order chi connectivity index (χ1) is 6.07. The fourth-order valence-corrected chi connectivity index (χ4v) is 0.591. The zero-order valence-corrected chi connectivity index (χ0v) is 7.03. The first-order valence-electron chi connectivity index (χ1n) is 3.65. The Morgan fingerprint density at radius 3 is 2.69 bits per heavy atom. The van der Waals surface area contributed by atoms with Gasteiger partial charge in [0.15, 0.2) is 6.61 Å². The van der Waals surface area contributed by atoms with E-state index in [1.807, 2.05) is 0 Å². The summed E-state index contributed by atoms with van der Waals surface area (Å²) >= 11 is 0. The zero-order valence-electron chi connectivity index (χ0n) is 7.03. The molecule has 0 aliphatic heterocycles. The van der Waals surface area contributed by atoms with Crippen LogP contribution >= 0.6 is 0 Å². The van der Waals surface area contributed by atoms with Crippen molar-refractivity contribution in [1.29, 1.82) is 0 Å². The van der Waals surface area contributed by atoms with E-state index < -0.39 is 18.0 Å². The van der Waals surface area contributed by atoms with Gasteiger partial charge in [-0.15, -0.1) is 6.42 Å². The van der Waals surface area contributed by atoms with Crippen molar-refractivity contribution in [2.24, 2.45) is 5.73 Å². The first kappa shape index (κ1) is 11.5. The Labute approximate surface area is 75.9 Å². The van der Waals surface area contributed by atoms with Crippen molar-refractivity contribution in [3.8, 4) is 12.3 Å². The number of rotatable bonds is 5. The van der Waals surface area contributed by atoms with Gasteiger partial charge in [-0.1, -0.05) is 5.92 Å². The van der Waals surface area contributed by atoms with Crippen LogP contribution in [0.15, 0.2) is 0 Å². The van der Waals surface area contributed by atoms with Crippen LogP contribution in [0.2, 0.25) is 0 Å². The Morgan fingerprint density at radius 2 is 2.23 bits per heavy atom. The molecule has 0 fully saturated rings. The van der Waals surface area contributed by atoms with Gasteiger partial charge in [0.1, 0.15) is 6.04 Å². The molecule has 72 valence electrons. The highest BCUT2D eigenvalue weighted by Gasteiger charge is 2.13. The number of hydrogen-bond acceptors (Lipinski definition) is 4. The van der Waals surface area contributed by atoms with Crippen LogP contribution in [-0.2, 0) is 14.3 Å². The summed E-state index contributed by atoms with van der Waals surface area (Å²) in [5.74, 6) is 0.451. The quantitative estimate of drug-likeness (QED) is 0.439. The van der Waals surface area contributed by atoms with Crippen molar-refractivity contribution in [3.05, 3.63) is 0 Å². The molecular formula is C8H11NO4. The Morgan fingerprint density at radius 1 is 1.62 bits per heavy atom. The monoisotopic (exact) mass is 185 g/mol. The molecule has 1 atom stereocenters. The maximum atomic E-state index is 10.8. The van der Waals surface area contributed by atoms with Gasteiger partial charge in [-0.3, -0.25) is 9.59 Å². The van der Waals surface area contributed by atoms with Gasteiger partial charge in [0.25, 0.3) is 0 Å². The van der Waals surface area contributed by atoms with E-state index in [-0.39, 0.29) is 19.4 Å². The standard InChI is InChI=1S/C8H11NO4/c1-2-5-13-7(10)4-3-6(9)8(11)12/h1,6H,3-5,9H2,(H,11,12)/t6-/m0/s1. The van der Waals surface area contributed by atoms with Crippen LogP contribution in [0.3, 0.4) is 0 Å². The van der Waals surface area contributed by atoms with Crippen molar-refractivity contribution in [3.63, 3.8) is 0 Å². The molecule has 3 N–H and O–H groups in total. The van der Waals surface area contributed by atoms with E-state index in [1.165, 1.54) is 0 Å². The molecule has 0 saturated carbocycles. The second kappa shape index (κ2) is 6.03. The van der Waals surface area contributed by atoms with Crippen LogP contribution in [-0.4, -0.2) is 29.7 Å². The molecule has 0 bridgehead atoms. The van der Waals surface area contributed by atoms with Crippen LogP contribution in [0.1, 0.15) is 12.8 Å². The smallest absolute Gasteiger partial charge is 0.320 e. The molecule has 0 heterocycles. The molecule has 5 heteroatoms. The van der Waals surface area contributed by atoms with Gasteiger partial charge >= 0.3 is 11.9 Å². The number of esters is 1. The molecule has 0 saturated heterocycles. The van der Waals surface area contributed by atoms with E-state index in [2.05, 4.69) is 10.7 Å². The van der Waals surface area contributed by atoms with Crippen molar-refractivity contribution in [1.82, 2.24) is 0 Å². The molecule has 0 aliphatic rings. The average molecular weight is 185 g/mol. The summed E-state index contributed by atoms with van der Waals surface area (Å²) < 4.78 is 4.50. The third-order valence-electron chi connectivity index (χ3n) is 1.29. The van der Waals surface area contributed by atoms with Gasteiger partial charge in [-0.05, 0) is 6.42 Å². The SMILES string of the molecule is C#CCOC(=O)CC[C@H](N)C(=O)O. The molecule has 0 aromatic carbocycles. The zero-order chi connectivity index (χ0) is 10.3. The van der Waals surface area contributed by atoms with E-state index in [0.29, 0.717) is 0 Å². The van der Waals surface area contributed by atoms with Crippen molar-refractivity contribution in [2.45, 2.75) is 18.9 Å². The predicted molar refractivity (Wildman–Crippen MR) is 44.6 cm³/mol. The van der Waals surface area contributed by atoms with Gasteiger partial charge in [-0.25, -0.2) is 0 Å². The van der Waals surface area contributed by atoms with Gasteiger partial charge in [-0.2, -0.15) is 0 Å². The number of carboxylic acid groups (broad SMARTS) is 1. The molecular weight excluding hydrogens is 174 g/mol. The normalized spacial score (nSPS) is 11.4. The van der Waals surface area contributed by atoms with Crippen LogP contribution in [0.4, 0.5) is 0 Å². The van der Waals surface area contributed by atoms with E-state index in [1.54, 1.807) is 0 Å². The molecule has 0 aliphatic carbocycles. The maximum absolute atomic E-state index is 10.8. The number of terminal acetylenes is 1. The minimum absolute atomic E-state index is 0.0326. The van der Waals surface area contributed by atoms with Crippen LogP contribution < -0.4 is 5.73 Å². The lowest BCUT2D eigenvalue weighted by Crippen LogP contribution is -2.30. The fraction of sp³-hybridized carbons (Fsp3) is 0.500. The van der Waals surface area contributed by atoms with Crippen LogP contribution in [0.25, 0.3) is 0 Å². The Bertz CT molecular complexity index is 231. The summed E-state index contributed by atoms with van der Waals surface area (Å²) in [5, 5.41) is 8.36. The van der Waals surface area contributed by atoms with Gasteiger partial charge in [0.2, 0.25) is 0 Å². The highest BCUT2D eigenvalue weighted by atomic mass is 16.5. The summed E-state index contributed by atoms with van der Waals surface area (Å²) in [5.41, 5.74) is 5.15. The van der Waals surface area contributed by atoms with E-state index in [9.17, 15) is 9.59 Å². The summed E-state index contributed by atoms with van der Waals surface area (Å²) in [6, 6.07) is -1.03. The average Bonchev–Trinajstić information content (AvgIpc) is 2.10. The Hall–Kier alpha value is -1.54. The minimum Gasteiger partial charge on any atom is -0.480 e. The third kappa shape index (κ3) is 5.70. The molecule has 13 heavy (non-hydrogen) atoms.